The molecule has 7 nitrogen and oxygen atoms in total. The number of nitrogens with one attached hydrogen (secondary N) is 1. The molecule has 3 aromatic rings. The minimum Gasteiger partial charge on any atom is -0.367 e. The van der Waals surface area contributed by atoms with Crippen LogP contribution < -0.4 is 5.32 Å². The number of rotatable bonds is 4. The van der Waals surface area contributed by atoms with Gasteiger partial charge >= 0.3 is 0 Å². The summed E-state index contributed by atoms with van der Waals surface area (Å²) in [4.78, 5) is 21.0. The third-order valence-corrected chi connectivity index (χ3v) is 7.78. The number of carbonyl (C=O) groups is 1. The molecule has 4 heterocycles. The van der Waals surface area contributed by atoms with Gasteiger partial charge in [0, 0.05) is 61.8 Å². The number of fused-ring (bicyclic) bond motifs is 1. The lowest BCUT2D eigenvalue weighted by atomic mass is 9.97. The van der Waals surface area contributed by atoms with Crippen LogP contribution in [-0.2, 0) is 4.79 Å². The maximum absolute atomic E-state index is 11.6. The lowest BCUT2D eigenvalue weighted by Crippen LogP contribution is -2.50. The van der Waals surface area contributed by atoms with Crippen molar-refractivity contribution in [3.05, 3.63) is 46.0 Å². The molecular formula is C24H28BrClN6O. The van der Waals surface area contributed by atoms with Crippen LogP contribution in [-0.4, -0.2) is 68.6 Å². The van der Waals surface area contributed by atoms with E-state index in [1.54, 1.807) is 13.1 Å². The largest absolute Gasteiger partial charge is 0.367 e. The van der Waals surface area contributed by atoms with Crippen LogP contribution >= 0.6 is 27.5 Å². The van der Waals surface area contributed by atoms with E-state index in [4.69, 9.17) is 16.6 Å². The second-order valence-corrected chi connectivity index (χ2v) is 10.2. The fourth-order valence-corrected chi connectivity index (χ4v) is 5.59. The number of carbonyl (C=O) groups excluding carboxylic acids is 1. The quantitative estimate of drug-likeness (QED) is 0.529. The molecule has 2 aliphatic heterocycles. The molecule has 0 saturated carbocycles. The first kappa shape index (κ1) is 22.6. The van der Waals surface area contributed by atoms with Crippen molar-refractivity contribution in [2.45, 2.75) is 44.7 Å². The van der Waals surface area contributed by atoms with E-state index in [1.807, 2.05) is 39.7 Å². The van der Waals surface area contributed by atoms with E-state index >= 15 is 0 Å². The maximum atomic E-state index is 11.6. The van der Waals surface area contributed by atoms with Crippen molar-refractivity contribution in [3.63, 3.8) is 0 Å². The molecule has 33 heavy (non-hydrogen) atoms. The molecule has 0 aliphatic carbocycles. The predicted molar refractivity (Wildman–Crippen MR) is 135 cm³/mol. The summed E-state index contributed by atoms with van der Waals surface area (Å²) in [5, 5.41) is 8.93. The predicted octanol–water partition coefficient (Wildman–Crippen LogP) is 4.70. The number of anilines is 1. The van der Waals surface area contributed by atoms with Gasteiger partial charge in [0.25, 0.3) is 0 Å². The van der Waals surface area contributed by atoms with Gasteiger partial charge in [-0.15, -0.1) is 0 Å². The van der Waals surface area contributed by atoms with Crippen molar-refractivity contribution >= 4 is 44.9 Å². The van der Waals surface area contributed by atoms with Crippen LogP contribution in [0.5, 0.6) is 0 Å². The first-order valence-corrected chi connectivity index (χ1v) is 12.7. The Balaban J connectivity index is 1.29. The van der Waals surface area contributed by atoms with Gasteiger partial charge in [0.1, 0.15) is 5.82 Å². The minimum absolute atomic E-state index is 0.196. The van der Waals surface area contributed by atoms with Crippen LogP contribution in [0, 0.1) is 0 Å². The van der Waals surface area contributed by atoms with E-state index in [9.17, 15) is 4.79 Å². The molecular weight excluding hydrogens is 504 g/mol. The Kier molecular flexibility index (Phi) is 6.58. The van der Waals surface area contributed by atoms with Crippen LogP contribution in [0.25, 0.3) is 16.9 Å². The monoisotopic (exact) mass is 530 g/mol. The van der Waals surface area contributed by atoms with Crippen molar-refractivity contribution in [1.29, 1.82) is 0 Å². The van der Waals surface area contributed by atoms with Gasteiger partial charge in [-0.05, 0) is 47.7 Å². The average molecular weight is 532 g/mol. The number of hydrogen-bond donors (Lipinski definition) is 1. The highest BCUT2D eigenvalue weighted by Crippen LogP contribution is 2.31. The Bertz CT molecular complexity index is 1150. The molecule has 2 aliphatic rings. The number of hydrogen-bond acceptors (Lipinski definition) is 5. The van der Waals surface area contributed by atoms with E-state index in [0.717, 1.165) is 79.1 Å². The Morgan fingerprint density at radius 1 is 1.12 bits per heavy atom. The van der Waals surface area contributed by atoms with Gasteiger partial charge in [0.2, 0.25) is 5.91 Å². The second-order valence-electron chi connectivity index (χ2n) is 8.93. The number of piperidine rings is 2. The van der Waals surface area contributed by atoms with Crippen LogP contribution in [0.1, 0.15) is 32.6 Å². The SMILES string of the molecule is CC(=O)N1CCC(N2CCC(Nc3cc(-c4ccccc4Cl)nc4c(Br)cnn34)CC2)CC1. The van der Waals surface area contributed by atoms with Gasteiger partial charge in [-0.3, -0.25) is 4.79 Å². The van der Waals surface area contributed by atoms with E-state index in [1.165, 1.54) is 0 Å². The smallest absolute Gasteiger partial charge is 0.219 e. The fraction of sp³-hybridized carbons (Fsp3) is 0.458. The number of benzene rings is 1. The standard InChI is InChI=1S/C24H28BrClN6O/c1-16(33)30-12-8-18(9-13-30)31-10-6-17(7-11-31)28-23-14-22(19-4-2-3-5-21(19)26)29-24-20(25)15-27-32(23)24/h2-5,14-15,17-18,28H,6-13H2,1H3. The summed E-state index contributed by atoms with van der Waals surface area (Å²) in [5.74, 6) is 1.12. The topological polar surface area (TPSA) is 65.8 Å². The van der Waals surface area contributed by atoms with E-state index in [2.05, 4.69) is 31.2 Å². The Labute approximate surface area is 207 Å². The lowest BCUT2D eigenvalue weighted by molar-refractivity contribution is -0.130. The number of amides is 1. The Morgan fingerprint density at radius 3 is 2.55 bits per heavy atom. The molecule has 174 valence electrons. The zero-order valence-electron chi connectivity index (χ0n) is 18.7. The molecule has 0 unspecified atom stereocenters. The molecule has 2 fully saturated rings. The van der Waals surface area contributed by atoms with Gasteiger partial charge in [-0.2, -0.15) is 9.61 Å². The van der Waals surface area contributed by atoms with Crippen molar-refractivity contribution in [2.24, 2.45) is 0 Å². The van der Waals surface area contributed by atoms with Gasteiger partial charge in [0.15, 0.2) is 5.65 Å². The first-order chi connectivity index (χ1) is 16.0. The number of aromatic nitrogens is 3. The van der Waals surface area contributed by atoms with Crippen LogP contribution in [0.4, 0.5) is 5.82 Å². The molecule has 1 aromatic carbocycles. The summed E-state index contributed by atoms with van der Waals surface area (Å²) >= 11 is 10.0. The second kappa shape index (κ2) is 9.60. The molecule has 0 radical (unpaired) electrons. The number of likely N-dealkylation sites (tertiary alicyclic amines) is 2. The molecule has 2 aromatic heterocycles. The van der Waals surface area contributed by atoms with Crippen molar-refractivity contribution < 1.29 is 4.79 Å². The van der Waals surface area contributed by atoms with Crippen LogP contribution in [0.15, 0.2) is 41.0 Å². The molecule has 0 bridgehead atoms. The molecule has 2 saturated heterocycles. The highest BCUT2D eigenvalue weighted by Gasteiger charge is 2.29. The first-order valence-electron chi connectivity index (χ1n) is 11.5. The molecule has 0 spiro atoms. The summed E-state index contributed by atoms with van der Waals surface area (Å²) in [6, 6.07) is 10.8. The van der Waals surface area contributed by atoms with Crippen LogP contribution in [0.3, 0.4) is 0 Å². The zero-order valence-corrected chi connectivity index (χ0v) is 21.0. The van der Waals surface area contributed by atoms with Crippen molar-refractivity contribution in [1.82, 2.24) is 24.4 Å². The maximum Gasteiger partial charge on any atom is 0.219 e. The Hall–Kier alpha value is -2.16. The summed E-state index contributed by atoms with van der Waals surface area (Å²) in [6.45, 7) is 5.56. The molecule has 1 amide bonds. The van der Waals surface area contributed by atoms with Gasteiger partial charge in [-0.1, -0.05) is 29.8 Å². The van der Waals surface area contributed by atoms with E-state index in [0.29, 0.717) is 17.1 Å². The van der Waals surface area contributed by atoms with Gasteiger partial charge < -0.3 is 15.1 Å². The average Bonchev–Trinajstić information content (AvgIpc) is 3.21. The van der Waals surface area contributed by atoms with Crippen molar-refractivity contribution in [3.8, 4) is 11.3 Å². The zero-order chi connectivity index (χ0) is 22.9. The number of nitrogens with zero attached hydrogens (tertiary/aromatic N) is 5. The van der Waals surface area contributed by atoms with E-state index in [-0.39, 0.29) is 5.91 Å². The summed E-state index contributed by atoms with van der Waals surface area (Å²) < 4.78 is 2.71. The molecule has 1 N–H and O–H groups in total. The highest BCUT2D eigenvalue weighted by molar-refractivity contribution is 9.10. The van der Waals surface area contributed by atoms with Gasteiger partial charge in [0.05, 0.1) is 16.4 Å². The van der Waals surface area contributed by atoms with E-state index < -0.39 is 0 Å². The molecule has 0 atom stereocenters. The number of halogens is 2. The molecule has 9 heteroatoms. The van der Waals surface area contributed by atoms with Gasteiger partial charge in [-0.25, -0.2) is 4.98 Å². The lowest BCUT2D eigenvalue weighted by Gasteiger charge is -2.41. The molecule has 5 rings (SSSR count). The summed E-state index contributed by atoms with van der Waals surface area (Å²) in [5.41, 5.74) is 2.50. The van der Waals surface area contributed by atoms with Crippen LogP contribution in [0.2, 0.25) is 5.02 Å². The third-order valence-electron chi connectivity index (χ3n) is 6.89. The normalized spacial score (nSPS) is 18.7. The minimum atomic E-state index is 0.196. The summed E-state index contributed by atoms with van der Waals surface area (Å²) in [6.07, 6.45) is 6.07. The third kappa shape index (κ3) is 4.74. The fourth-order valence-electron chi connectivity index (χ4n) is 5.01. The highest BCUT2D eigenvalue weighted by atomic mass is 79.9. The van der Waals surface area contributed by atoms with Crippen molar-refractivity contribution in [2.75, 3.05) is 31.5 Å². The summed E-state index contributed by atoms with van der Waals surface area (Å²) in [7, 11) is 0. The Morgan fingerprint density at radius 2 is 1.85 bits per heavy atom.